The van der Waals surface area contributed by atoms with Crippen molar-refractivity contribution >= 4 is 33.5 Å². The largest absolute Gasteiger partial charge is 0.481 e. The van der Waals surface area contributed by atoms with Gasteiger partial charge >= 0.3 is 5.97 Å². The smallest absolute Gasteiger partial charge is 0.305 e. The van der Waals surface area contributed by atoms with Crippen LogP contribution in [0.3, 0.4) is 0 Å². The van der Waals surface area contributed by atoms with E-state index in [-0.39, 0.29) is 12.3 Å². The number of aromatic nitrogens is 6. The molecule has 4 rings (SSSR count). The Hall–Kier alpha value is -3.60. The summed E-state index contributed by atoms with van der Waals surface area (Å²) in [5, 5.41) is 24.5. The molecule has 31 heavy (non-hydrogen) atoms. The number of nitrogens with one attached hydrogen (secondary N) is 1. The maximum absolute atomic E-state index is 12.9. The van der Waals surface area contributed by atoms with Gasteiger partial charge in [0.2, 0.25) is 5.91 Å². The lowest BCUT2D eigenvalue weighted by atomic mass is 10.0. The van der Waals surface area contributed by atoms with Crippen molar-refractivity contribution in [3.8, 4) is 11.4 Å². The van der Waals surface area contributed by atoms with E-state index in [4.69, 9.17) is 0 Å². The van der Waals surface area contributed by atoms with E-state index in [0.717, 1.165) is 4.47 Å². The fourth-order valence-electron chi connectivity index (χ4n) is 3.12. The van der Waals surface area contributed by atoms with Gasteiger partial charge in [-0.1, -0.05) is 33.3 Å². The van der Waals surface area contributed by atoms with Crippen molar-refractivity contribution in [1.82, 2.24) is 34.9 Å². The molecular weight excluding hydrogens is 466 g/mol. The molecule has 4 aromatic rings. The van der Waals surface area contributed by atoms with Gasteiger partial charge in [0.15, 0.2) is 5.65 Å². The third-order valence-corrected chi connectivity index (χ3v) is 5.32. The second-order valence-corrected chi connectivity index (χ2v) is 7.82. The van der Waals surface area contributed by atoms with Crippen LogP contribution in [0.1, 0.15) is 31.0 Å². The zero-order valence-corrected chi connectivity index (χ0v) is 18.0. The fraction of sp³-hybridized carbons (Fsp3) is 0.200. The lowest BCUT2D eigenvalue weighted by molar-refractivity contribution is -0.137. The topological polar surface area (TPSA) is 127 Å². The molecule has 158 valence electrons. The summed E-state index contributed by atoms with van der Waals surface area (Å²) in [6.07, 6.45) is 4.67. The third-order valence-electron chi connectivity index (χ3n) is 4.79. The minimum absolute atomic E-state index is 0.240. The first kappa shape index (κ1) is 20.7. The standard InChI is InChI=1S/C20H18BrN7O3/c1-12(20(31)24-15(9-19(29)30)13-4-6-14(21)7-5-13)27-11-16(25-26-27)17-10-22-18-3-2-8-23-28(17)18/h2-8,10-12,15H,9H2,1H3,(H,24,31)(H,29,30)/t12?,15-/m1/s1. The maximum Gasteiger partial charge on any atom is 0.305 e. The molecule has 3 heterocycles. The Kier molecular flexibility index (Phi) is 5.76. The molecule has 1 unspecified atom stereocenters. The zero-order valence-electron chi connectivity index (χ0n) is 16.4. The number of halogens is 1. The molecule has 1 amide bonds. The van der Waals surface area contributed by atoms with Gasteiger partial charge in [-0.05, 0) is 36.8 Å². The van der Waals surface area contributed by atoms with E-state index in [1.165, 1.54) is 4.68 Å². The van der Waals surface area contributed by atoms with Crippen LogP contribution >= 0.6 is 15.9 Å². The number of carbonyl (C=O) groups excluding carboxylic acids is 1. The fourth-order valence-corrected chi connectivity index (χ4v) is 3.39. The quantitative estimate of drug-likeness (QED) is 0.413. The summed E-state index contributed by atoms with van der Waals surface area (Å²) in [7, 11) is 0. The highest BCUT2D eigenvalue weighted by atomic mass is 79.9. The van der Waals surface area contributed by atoms with Crippen LogP contribution in [0.15, 0.2) is 59.5 Å². The molecular formula is C20H18BrN7O3. The Balaban J connectivity index is 1.53. The van der Waals surface area contributed by atoms with Crippen LogP contribution < -0.4 is 5.32 Å². The van der Waals surface area contributed by atoms with Gasteiger partial charge in [-0.3, -0.25) is 9.59 Å². The minimum Gasteiger partial charge on any atom is -0.481 e. The number of aliphatic carboxylic acids is 1. The summed E-state index contributed by atoms with van der Waals surface area (Å²) >= 11 is 3.35. The molecule has 0 fully saturated rings. The first-order chi connectivity index (χ1) is 14.9. The Morgan fingerprint density at radius 1 is 1.23 bits per heavy atom. The van der Waals surface area contributed by atoms with Crippen molar-refractivity contribution < 1.29 is 14.7 Å². The van der Waals surface area contributed by atoms with Crippen LogP contribution in [0.5, 0.6) is 0 Å². The maximum atomic E-state index is 12.9. The Labute approximate surface area is 185 Å². The molecule has 10 nitrogen and oxygen atoms in total. The van der Waals surface area contributed by atoms with Crippen molar-refractivity contribution in [3.05, 3.63) is 65.0 Å². The Morgan fingerprint density at radius 2 is 2.00 bits per heavy atom. The number of nitrogens with zero attached hydrogens (tertiary/aromatic N) is 6. The highest BCUT2D eigenvalue weighted by Gasteiger charge is 2.24. The number of imidazole rings is 1. The molecule has 0 bridgehead atoms. The second kappa shape index (κ2) is 8.64. The highest BCUT2D eigenvalue weighted by Crippen LogP contribution is 2.22. The normalized spacial score (nSPS) is 13.1. The molecule has 0 saturated carbocycles. The van der Waals surface area contributed by atoms with Crippen molar-refractivity contribution in [2.45, 2.75) is 25.4 Å². The molecule has 0 spiro atoms. The first-order valence-electron chi connectivity index (χ1n) is 9.41. The number of rotatable bonds is 7. The molecule has 3 aromatic heterocycles. The van der Waals surface area contributed by atoms with Crippen molar-refractivity contribution in [3.63, 3.8) is 0 Å². The van der Waals surface area contributed by atoms with Gasteiger partial charge in [0, 0.05) is 10.7 Å². The van der Waals surface area contributed by atoms with Crippen LogP contribution in [-0.4, -0.2) is 46.6 Å². The van der Waals surface area contributed by atoms with E-state index < -0.39 is 18.1 Å². The molecule has 1 aromatic carbocycles. The van der Waals surface area contributed by atoms with E-state index in [2.05, 4.69) is 41.6 Å². The van der Waals surface area contributed by atoms with Crippen molar-refractivity contribution in [2.24, 2.45) is 0 Å². The predicted octanol–water partition coefficient (Wildman–Crippen LogP) is 2.64. The number of fused-ring (bicyclic) bond motifs is 1. The van der Waals surface area contributed by atoms with E-state index >= 15 is 0 Å². The Bertz CT molecular complexity index is 1240. The zero-order chi connectivity index (χ0) is 22.0. The van der Waals surface area contributed by atoms with E-state index in [1.54, 1.807) is 60.4 Å². The molecule has 0 radical (unpaired) electrons. The average molecular weight is 484 g/mol. The van der Waals surface area contributed by atoms with Gasteiger partial charge in [-0.15, -0.1) is 5.10 Å². The monoisotopic (exact) mass is 483 g/mol. The van der Waals surface area contributed by atoms with Crippen LogP contribution in [0.2, 0.25) is 0 Å². The number of amides is 1. The minimum atomic E-state index is -1.01. The predicted molar refractivity (Wildman–Crippen MR) is 114 cm³/mol. The SMILES string of the molecule is CC(C(=O)N[C@H](CC(=O)O)c1ccc(Br)cc1)n1cc(-c2cnc3cccnn23)nn1. The number of hydrogen-bond acceptors (Lipinski definition) is 6. The van der Waals surface area contributed by atoms with Gasteiger partial charge in [-0.2, -0.15) is 5.10 Å². The second-order valence-electron chi connectivity index (χ2n) is 6.91. The first-order valence-corrected chi connectivity index (χ1v) is 10.2. The van der Waals surface area contributed by atoms with Gasteiger partial charge in [0.25, 0.3) is 0 Å². The third kappa shape index (κ3) is 4.45. The van der Waals surface area contributed by atoms with Crippen molar-refractivity contribution in [2.75, 3.05) is 0 Å². The summed E-state index contributed by atoms with van der Waals surface area (Å²) in [6, 6.07) is 9.37. The number of benzene rings is 1. The van der Waals surface area contributed by atoms with E-state index in [0.29, 0.717) is 22.6 Å². The van der Waals surface area contributed by atoms with Crippen LogP contribution in [0.25, 0.3) is 17.0 Å². The average Bonchev–Trinajstić information content (AvgIpc) is 3.40. The van der Waals surface area contributed by atoms with Crippen molar-refractivity contribution in [1.29, 1.82) is 0 Å². The molecule has 0 aliphatic heterocycles. The van der Waals surface area contributed by atoms with Gasteiger partial charge in [0.05, 0.1) is 24.9 Å². The lowest BCUT2D eigenvalue weighted by Crippen LogP contribution is -2.35. The van der Waals surface area contributed by atoms with E-state index in [9.17, 15) is 14.7 Å². The number of carboxylic acids is 1. The molecule has 2 N–H and O–H groups in total. The number of carboxylic acid groups (broad SMARTS) is 1. The molecule has 0 saturated heterocycles. The van der Waals surface area contributed by atoms with Crippen LogP contribution in [-0.2, 0) is 9.59 Å². The van der Waals surface area contributed by atoms with Crippen LogP contribution in [0, 0.1) is 0 Å². The summed E-state index contributed by atoms with van der Waals surface area (Å²) in [6.45, 7) is 1.67. The van der Waals surface area contributed by atoms with Gasteiger partial charge in [-0.25, -0.2) is 14.2 Å². The Morgan fingerprint density at radius 3 is 2.74 bits per heavy atom. The highest BCUT2D eigenvalue weighted by molar-refractivity contribution is 9.10. The number of carbonyl (C=O) groups is 2. The summed E-state index contributed by atoms with van der Waals surface area (Å²) in [4.78, 5) is 28.4. The summed E-state index contributed by atoms with van der Waals surface area (Å²) in [5.41, 5.74) is 2.53. The molecule has 0 aliphatic carbocycles. The number of hydrogen-bond donors (Lipinski definition) is 2. The molecule has 2 atom stereocenters. The van der Waals surface area contributed by atoms with E-state index in [1.807, 2.05) is 6.07 Å². The summed E-state index contributed by atoms with van der Waals surface area (Å²) in [5.74, 6) is -1.38. The molecule has 0 aliphatic rings. The van der Waals surface area contributed by atoms with Gasteiger partial charge < -0.3 is 10.4 Å². The molecule has 11 heteroatoms. The van der Waals surface area contributed by atoms with Crippen LogP contribution in [0.4, 0.5) is 0 Å². The lowest BCUT2D eigenvalue weighted by Gasteiger charge is -2.20. The van der Waals surface area contributed by atoms with Gasteiger partial charge in [0.1, 0.15) is 17.4 Å². The summed E-state index contributed by atoms with van der Waals surface area (Å²) < 4.78 is 3.92.